The van der Waals surface area contributed by atoms with E-state index in [2.05, 4.69) is 15.8 Å². The molecule has 0 bridgehead atoms. The van der Waals surface area contributed by atoms with Crippen LogP contribution in [0.2, 0.25) is 10.0 Å². The van der Waals surface area contributed by atoms with E-state index in [4.69, 9.17) is 33.9 Å². The van der Waals surface area contributed by atoms with Crippen LogP contribution in [0, 0.1) is 0 Å². The molecule has 1 heterocycles. The number of aliphatic imine (C=N–C) groups is 1. The Bertz CT molecular complexity index is 1230. The zero-order valence-corrected chi connectivity index (χ0v) is 19.3. The Labute approximate surface area is 201 Å². The van der Waals surface area contributed by atoms with E-state index in [1.54, 1.807) is 0 Å². The maximum atomic E-state index is 6.22. The molecule has 0 aliphatic heterocycles. The normalized spacial score (nSPS) is 11.4. The Morgan fingerprint density at radius 1 is 0.875 bits per heavy atom. The van der Waals surface area contributed by atoms with Crippen molar-refractivity contribution in [1.82, 2.24) is 9.71 Å². The topological polar surface area (TPSA) is 63.3 Å². The minimum Gasteiger partial charge on any atom is -0.369 e. The monoisotopic (exact) mass is 478 g/mol. The van der Waals surface area contributed by atoms with Gasteiger partial charge in [0.25, 0.3) is 0 Å². The molecule has 3 aromatic carbocycles. The van der Waals surface area contributed by atoms with Gasteiger partial charge in [0, 0.05) is 32.3 Å². The van der Waals surface area contributed by atoms with Crippen LogP contribution < -0.4 is 10.5 Å². The van der Waals surface area contributed by atoms with Gasteiger partial charge in [-0.15, -0.1) is 0 Å². The zero-order valence-electron chi connectivity index (χ0n) is 17.0. The summed E-state index contributed by atoms with van der Waals surface area (Å²) in [6, 6.07) is 27.4. The van der Waals surface area contributed by atoms with Crippen LogP contribution in [0.4, 0.5) is 0 Å². The summed E-state index contributed by atoms with van der Waals surface area (Å²) < 4.78 is 3.06. The van der Waals surface area contributed by atoms with Crippen molar-refractivity contribution < 1.29 is 0 Å². The number of halogens is 2. The number of aromatic nitrogens is 1. The lowest BCUT2D eigenvalue weighted by atomic mass is 9.98. The van der Waals surface area contributed by atoms with Crippen LogP contribution in [0.3, 0.4) is 0 Å². The minimum atomic E-state index is 0.353. The lowest BCUT2D eigenvalue weighted by molar-refractivity contribution is 1.03. The van der Waals surface area contributed by atoms with Crippen LogP contribution in [0.5, 0.6) is 0 Å². The fourth-order valence-corrected chi connectivity index (χ4v) is 4.01. The highest BCUT2D eigenvalue weighted by molar-refractivity contribution is 7.98. The van der Waals surface area contributed by atoms with Gasteiger partial charge in [0.2, 0.25) is 0 Å². The van der Waals surface area contributed by atoms with Crippen molar-refractivity contribution in [3.05, 3.63) is 107 Å². The molecular weight excluding hydrogens is 459 g/mol. The average molecular weight is 479 g/mol. The zero-order chi connectivity index (χ0) is 22.3. The largest absolute Gasteiger partial charge is 0.369 e. The molecule has 4 nitrogen and oxygen atoms in total. The third-order valence-electron chi connectivity index (χ3n) is 4.65. The molecule has 7 heteroatoms. The predicted molar refractivity (Wildman–Crippen MR) is 136 cm³/mol. The van der Waals surface area contributed by atoms with Gasteiger partial charge >= 0.3 is 0 Å². The smallest absolute Gasteiger partial charge is 0.199 e. The number of pyridine rings is 1. The average Bonchev–Trinajstić information content (AvgIpc) is 2.82. The van der Waals surface area contributed by atoms with Crippen molar-refractivity contribution >= 4 is 41.1 Å². The molecule has 0 atom stereocenters. The Hall–Kier alpha value is -2.99. The Kier molecular flexibility index (Phi) is 7.32. The number of nitrogens with one attached hydrogen (secondary N) is 1. The summed E-state index contributed by atoms with van der Waals surface area (Å²) in [6.45, 7) is 0.400. The molecule has 0 fully saturated rings. The Morgan fingerprint density at radius 2 is 1.66 bits per heavy atom. The molecule has 32 heavy (non-hydrogen) atoms. The van der Waals surface area contributed by atoms with Crippen LogP contribution in [-0.4, -0.2) is 10.9 Å². The van der Waals surface area contributed by atoms with Crippen molar-refractivity contribution in [2.24, 2.45) is 10.7 Å². The fourth-order valence-electron chi connectivity index (χ4n) is 3.12. The minimum absolute atomic E-state index is 0.353. The van der Waals surface area contributed by atoms with Crippen molar-refractivity contribution in [1.29, 1.82) is 0 Å². The van der Waals surface area contributed by atoms with Crippen LogP contribution >= 0.6 is 35.1 Å². The van der Waals surface area contributed by atoms with E-state index in [9.17, 15) is 0 Å². The number of nitrogens with two attached hydrogens (primary N) is 1. The molecule has 0 radical (unpaired) electrons. The quantitative estimate of drug-likeness (QED) is 0.181. The Morgan fingerprint density at radius 3 is 2.41 bits per heavy atom. The molecule has 3 N–H and O–H groups in total. The predicted octanol–water partition coefficient (Wildman–Crippen LogP) is 6.83. The summed E-state index contributed by atoms with van der Waals surface area (Å²) >= 11 is 13.7. The number of hydrogen-bond donors (Lipinski definition) is 2. The number of benzene rings is 3. The number of rotatable bonds is 6. The molecular formula is C25H20Cl2N4S. The van der Waals surface area contributed by atoms with E-state index in [-0.39, 0.29) is 0 Å². The third-order valence-corrected chi connectivity index (χ3v) is 5.95. The van der Waals surface area contributed by atoms with E-state index in [0.29, 0.717) is 22.5 Å². The molecule has 0 spiro atoms. The fraction of sp³-hybridized carbons (Fsp3) is 0.0400. The van der Waals surface area contributed by atoms with Crippen molar-refractivity contribution in [2.75, 3.05) is 0 Å². The summed E-state index contributed by atoms with van der Waals surface area (Å²) in [5.41, 5.74) is 10.7. The first-order chi connectivity index (χ1) is 15.6. The summed E-state index contributed by atoms with van der Waals surface area (Å²) in [5.74, 6) is 0.353. The first-order valence-electron chi connectivity index (χ1n) is 9.87. The maximum absolute atomic E-state index is 6.22. The van der Waals surface area contributed by atoms with Gasteiger partial charge in [-0.2, -0.15) is 0 Å². The molecule has 0 amide bonds. The number of guanidine groups is 1. The molecule has 0 aliphatic carbocycles. The molecule has 0 aliphatic rings. The second kappa shape index (κ2) is 10.6. The molecule has 0 saturated heterocycles. The molecule has 0 saturated carbocycles. The lowest BCUT2D eigenvalue weighted by Crippen LogP contribution is -2.25. The van der Waals surface area contributed by atoms with Gasteiger partial charge in [0.05, 0.1) is 12.2 Å². The molecule has 4 rings (SSSR count). The van der Waals surface area contributed by atoms with Crippen molar-refractivity contribution in [3.8, 4) is 22.4 Å². The van der Waals surface area contributed by atoms with E-state index in [1.165, 1.54) is 11.9 Å². The van der Waals surface area contributed by atoms with E-state index < -0.39 is 0 Å². The van der Waals surface area contributed by atoms with Gasteiger partial charge in [-0.05, 0) is 65.5 Å². The first-order valence-corrected chi connectivity index (χ1v) is 11.4. The standard InChI is InChI=1S/C25H20Cl2N4S/c26-20-11-9-18(10-12-20)23-13-17(15-29-24(23)19-5-4-6-21(27)14-19)16-30-25(28)31-32-22-7-2-1-3-8-22/h1-15H,16H2,(H3,28,30,31). The maximum Gasteiger partial charge on any atom is 0.199 e. The van der Waals surface area contributed by atoms with E-state index in [1.807, 2.05) is 85.1 Å². The second-order valence-electron chi connectivity index (χ2n) is 6.98. The molecule has 0 unspecified atom stereocenters. The van der Waals surface area contributed by atoms with E-state index >= 15 is 0 Å². The first kappa shape index (κ1) is 22.2. The van der Waals surface area contributed by atoms with Crippen molar-refractivity contribution in [2.45, 2.75) is 11.4 Å². The summed E-state index contributed by atoms with van der Waals surface area (Å²) in [4.78, 5) is 10.2. The van der Waals surface area contributed by atoms with Gasteiger partial charge in [0.15, 0.2) is 5.96 Å². The SMILES string of the molecule is NC(=NCc1cnc(-c2cccc(Cl)c2)c(-c2ccc(Cl)cc2)c1)NSc1ccccc1. The molecule has 1 aromatic heterocycles. The lowest BCUT2D eigenvalue weighted by Gasteiger charge is -2.12. The summed E-state index contributed by atoms with van der Waals surface area (Å²) in [5, 5.41) is 1.34. The van der Waals surface area contributed by atoms with Crippen LogP contribution in [0.25, 0.3) is 22.4 Å². The second-order valence-corrected chi connectivity index (χ2v) is 8.73. The van der Waals surface area contributed by atoms with E-state index in [0.717, 1.165) is 32.8 Å². The van der Waals surface area contributed by atoms with Crippen LogP contribution in [0.15, 0.2) is 101 Å². The highest BCUT2D eigenvalue weighted by Crippen LogP contribution is 2.33. The molecule has 160 valence electrons. The highest BCUT2D eigenvalue weighted by Gasteiger charge is 2.11. The Balaban J connectivity index is 1.59. The van der Waals surface area contributed by atoms with Crippen LogP contribution in [0.1, 0.15) is 5.56 Å². The van der Waals surface area contributed by atoms with Gasteiger partial charge in [0.1, 0.15) is 0 Å². The highest BCUT2D eigenvalue weighted by atomic mass is 35.5. The van der Waals surface area contributed by atoms with Gasteiger partial charge < -0.3 is 5.73 Å². The van der Waals surface area contributed by atoms with Gasteiger partial charge in [-0.1, -0.05) is 65.7 Å². The van der Waals surface area contributed by atoms with Crippen LogP contribution in [-0.2, 0) is 6.54 Å². The summed E-state index contributed by atoms with van der Waals surface area (Å²) in [6.07, 6.45) is 1.82. The molecule has 4 aromatic rings. The third kappa shape index (κ3) is 5.82. The summed E-state index contributed by atoms with van der Waals surface area (Å²) in [7, 11) is 0. The van der Waals surface area contributed by atoms with Gasteiger partial charge in [-0.25, -0.2) is 4.99 Å². The van der Waals surface area contributed by atoms with Crippen molar-refractivity contribution in [3.63, 3.8) is 0 Å². The van der Waals surface area contributed by atoms with Gasteiger partial charge in [-0.3, -0.25) is 9.71 Å². The number of hydrogen-bond acceptors (Lipinski definition) is 3. The number of nitrogens with zero attached hydrogens (tertiary/aromatic N) is 2.